The first-order chi connectivity index (χ1) is 11.4. The molecule has 2 rings (SSSR count). The van der Waals surface area contributed by atoms with E-state index in [0.29, 0.717) is 28.9 Å². The smallest absolute Gasteiger partial charge is 0.288 e. The average Bonchev–Trinajstić information content (AvgIpc) is 2.51. The summed E-state index contributed by atoms with van der Waals surface area (Å²) in [5.74, 6) is -2.60. The third-order valence-corrected chi connectivity index (χ3v) is 4.67. The number of benzene rings is 2. The van der Waals surface area contributed by atoms with Gasteiger partial charge in [0.2, 0.25) is 5.91 Å². The maximum atomic E-state index is 12.3. The number of carbonyl (C=O) groups excluding carboxylic acids is 1. The topological polar surface area (TPSA) is 32.3 Å². The number of nitrogens with one attached hydrogen (secondary N) is 1. The molecule has 0 aliphatic heterocycles. The Labute approximate surface area is 152 Å². The van der Waals surface area contributed by atoms with Crippen molar-refractivity contribution >= 4 is 39.3 Å². The van der Waals surface area contributed by atoms with Crippen molar-refractivity contribution < 1.29 is 13.6 Å². The maximum absolute atomic E-state index is 12.3. The minimum Gasteiger partial charge on any atom is -0.325 e. The molecular weight excluding hydrogens is 398 g/mol. The summed E-state index contributed by atoms with van der Waals surface area (Å²) in [6.07, 6.45) is 0. The van der Waals surface area contributed by atoms with E-state index in [0.717, 1.165) is 10.0 Å². The lowest BCUT2D eigenvalue weighted by Crippen LogP contribution is -2.29. The van der Waals surface area contributed by atoms with Crippen molar-refractivity contribution in [1.82, 2.24) is 4.90 Å². The van der Waals surface area contributed by atoms with Crippen molar-refractivity contribution in [3.05, 3.63) is 58.6 Å². The number of alkyl halides is 2. The van der Waals surface area contributed by atoms with E-state index in [4.69, 9.17) is 0 Å². The normalized spacial score (nSPS) is 11.1. The van der Waals surface area contributed by atoms with E-state index >= 15 is 0 Å². The van der Waals surface area contributed by atoms with Gasteiger partial charge in [0.05, 0.1) is 6.54 Å². The van der Waals surface area contributed by atoms with Crippen LogP contribution in [0.2, 0.25) is 0 Å². The molecule has 0 radical (unpaired) electrons. The van der Waals surface area contributed by atoms with Gasteiger partial charge in [-0.1, -0.05) is 45.9 Å². The number of hydrogen-bond acceptors (Lipinski definition) is 3. The van der Waals surface area contributed by atoms with Gasteiger partial charge in [0.25, 0.3) is 5.76 Å². The molecule has 0 saturated heterocycles. The molecule has 0 spiro atoms. The molecule has 7 heteroatoms. The molecule has 0 aromatic heterocycles. The lowest BCUT2D eigenvalue weighted by atomic mass is 10.2. The Morgan fingerprint density at radius 3 is 2.50 bits per heavy atom. The van der Waals surface area contributed by atoms with Gasteiger partial charge < -0.3 is 5.32 Å². The number of thioether (sulfide) groups is 1. The van der Waals surface area contributed by atoms with E-state index in [1.165, 1.54) is 0 Å². The summed E-state index contributed by atoms with van der Waals surface area (Å²) in [6, 6.07) is 14.2. The maximum Gasteiger partial charge on any atom is 0.288 e. The molecule has 0 saturated carbocycles. The predicted octanol–water partition coefficient (Wildman–Crippen LogP) is 4.83. The number of halogens is 3. The largest absolute Gasteiger partial charge is 0.325 e. The van der Waals surface area contributed by atoms with Gasteiger partial charge >= 0.3 is 0 Å². The molecule has 0 unspecified atom stereocenters. The quantitative estimate of drug-likeness (QED) is 0.658. The minimum atomic E-state index is -2.45. The third-order valence-electron chi connectivity index (χ3n) is 3.17. The van der Waals surface area contributed by atoms with Crippen LogP contribution in [-0.2, 0) is 11.3 Å². The number of carbonyl (C=O) groups is 1. The molecule has 24 heavy (non-hydrogen) atoms. The second-order valence-corrected chi connectivity index (χ2v) is 7.13. The van der Waals surface area contributed by atoms with Crippen LogP contribution in [0, 0.1) is 0 Å². The molecular formula is C17H17BrF2N2OS. The van der Waals surface area contributed by atoms with E-state index in [1.54, 1.807) is 24.3 Å². The van der Waals surface area contributed by atoms with Gasteiger partial charge in [0.1, 0.15) is 0 Å². The van der Waals surface area contributed by atoms with Crippen molar-refractivity contribution in [3.8, 4) is 0 Å². The highest BCUT2D eigenvalue weighted by Gasteiger charge is 2.10. The van der Waals surface area contributed by atoms with Gasteiger partial charge in [0, 0.05) is 21.6 Å². The summed E-state index contributed by atoms with van der Waals surface area (Å²) < 4.78 is 25.5. The summed E-state index contributed by atoms with van der Waals surface area (Å²) >= 11 is 3.97. The number of anilines is 1. The average molecular weight is 415 g/mol. The fourth-order valence-electron chi connectivity index (χ4n) is 2.14. The Bertz CT molecular complexity index is 683. The van der Waals surface area contributed by atoms with Crippen molar-refractivity contribution in [1.29, 1.82) is 0 Å². The first-order valence-electron chi connectivity index (χ1n) is 7.20. The molecule has 0 heterocycles. The van der Waals surface area contributed by atoms with Gasteiger partial charge in [-0.15, -0.1) is 0 Å². The Morgan fingerprint density at radius 1 is 1.21 bits per heavy atom. The van der Waals surface area contributed by atoms with Crippen LogP contribution in [0.5, 0.6) is 0 Å². The molecule has 1 amide bonds. The van der Waals surface area contributed by atoms with Crippen LogP contribution in [0.1, 0.15) is 5.56 Å². The molecule has 3 nitrogen and oxygen atoms in total. The molecule has 0 aliphatic carbocycles. The van der Waals surface area contributed by atoms with Gasteiger partial charge in [-0.2, -0.15) is 8.78 Å². The lowest BCUT2D eigenvalue weighted by Gasteiger charge is -2.17. The molecule has 2 aromatic rings. The standard InChI is InChI=1S/C17H17BrF2N2OS/c1-22(10-12-4-2-3-5-15(12)18)11-16(23)21-13-6-8-14(9-7-13)24-17(19)20/h2-9,17H,10-11H2,1H3,(H,21,23). The number of hydrogen-bond donors (Lipinski definition) is 1. The zero-order valence-electron chi connectivity index (χ0n) is 13.0. The van der Waals surface area contributed by atoms with Crippen LogP contribution in [-0.4, -0.2) is 30.2 Å². The number of likely N-dealkylation sites (N-methyl/N-ethyl adjacent to an activating group) is 1. The van der Waals surface area contributed by atoms with E-state index in [9.17, 15) is 13.6 Å². The first kappa shape index (κ1) is 18.9. The highest BCUT2D eigenvalue weighted by Crippen LogP contribution is 2.26. The van der Waals surface area contributed by atoms with Gasteiger partial charge in [-0.25, -0.2) is 0 Å². The zero-order valence-corrected chi connectivity index (χ0v) is 15.4. The van der Waals surface area contributed by atoms with Crippen LogP contribution in [0.25, 0.3) is 0 Å². The highest BCUT2D eigenvalue weighted by atomic mass is 79.9. The fraction of sp³-hybridized carbons (Fsp3) is 0.235. The van der Waals surface area contributed by atoms with Crippen molar-refractivity contribution in [2.24, 2.45) is 0 Å². The summed E-state index contributed by atoms with van der Waals surface area (Å²) in [4.78, 5) is 14.4. The van der Waals surface area contributed by atoms with E-state index in [2.05, 4.69) is 21.2 Å². The summed E-state index contributed by atoms with van der Waals surface area (Å²) in [7, 11) is 1.86. The fourth-order valence-corrected chi connectivity index (χ4v) is 3.05. The van der Waals surface area contributed by atoms with Crippen molar-refractivity contribution in [2.45, 2.75) is 17.2 Å². The van der Waals surface area contributed by atoms with Crippen LogP contribution in [0.4, 0.5) is 14.5 Å². The van der Waals surface area contributed by atoms with Crippen LogP contribution in [0.3, 0.4) is 0 Å². The van der Waals surface area contributed by atoms with E-state index in [-0.39, 0.29) is 12.5 Å². The predicted molar refractivity (Wildman–Crippen MR) is 97.4 cm³/mol. The number of rotatable bonds is 7. The summed E-state index contributed by atoms with van der Waals surface area (Å²) in [5.41, 5.74) is 1.69. The monoisotopic (exact) mass is 414 g/mol. The second kappa shape index (κ2) is 9.15. The Hall–Kier alpha value is -1.44. The van der Waals surface area contributed by atoms with Gasteiger partial charge in [-0.05, 0) is 42.9 Å². The Morgan fingerprint density at radius 2 is 1.88 bits per heavy atom. The van der Waals surface area contributed by atoms with Gasteiger partial charge in [-0.3, -0.25) is 9.69 Å². The Balaban J connectivity index is 1.85. The highest BCUT2D eigenvalue weighted by molar-refractivity contribution is 9.10. The van der Waals surface area contributed by atoms with Crippen LogP contribution in [0.15, 0.2) is 57.9 Å². The van der Waals surface area contributed by atoms with E-state index < -0.39 is 5.76 Å². The molecule has 128 valence electrons. The molecule has 0 aliphatic rings. The lowest BCUT2D eigenvalue weighted by molar-refractivity contribution is -0.117. The molecule has 0 atom stereocenters. The zero-order chi connectivity index (χ0) is 17.5. The summed E-state index contributed by atoms with van der Waals surface area (Å²) in [5, 5.41) is 2.76. The van der Waals surface area contributed by atoms with E-state index in [1.807, 2.05) is 36.2 Å². The third kappa shape index (κ3) is 6.22. The molecule has 2 aromatic carbocycles. The van der Waals surface area contributed by atoms with Crippen molar-refractivity contribution in [2.75, 3.05) is 18.9 Å². The SMILES string of the molecule is CN(CC(=O)Nc1ccc(SC(F)F)cc1)Cc1ccccc1Br. The first-order valence-corrected chi connectivity index (χ1v) is 8.88. The number of nitrogens with zero attached hydrogens (tertiary/aromatic N) is 1. The number of amides is 1. The van der Waals surface area contributed by atoms with Gasteiger partial charge in [0.15, 0.2) is 0 Å². The van der Waals surface area contributed by atoms with Crippen molar-refractivity contribution in [3.63, 3.8) is 0 Å². The Kier molecular flexibility index (Phi) is 7.20. The molecule has 0 bridgehead atoms. The molecule has 0 fully saturated rings. The van der Waals surface area contributed by atoms with Crippen LogP contribution >= 0.6 is 27.7 Å². The van der Waals surface area contributed by atoms with Crippen LogP contribution < -0.4 is 5.32 Å². The minimum absolute atomic E-state index is 0.154. The second-order valence-electron chi connectivity index (χ2n) is 5.21. The summed E-state index contributed by atoms with van der Waals surface area (Å²) in [6.45, 7) is 0.869. The molecule has 1 N–H and O–H groups in total.